The van der Waals surface area contributed by atoms with E-state index in [0.29, 0.717) is 34.0 Å². The lowest BCUT2D eigenvalue weighted by Crippen LogP contribution is -2.30. The second kappa shape index (κ2) is 9.07. The lowest BCUT2D eigenvalue weighted by atomic mass is 10.2. The molecular weight excluding hydrogens is 466 g/mol. The Morgan fingerprint density at radius 2 is 1.93 bits per heavy atom. The van der Waals surface area contributed by atoms with Crippen LogP contribution in [-0.2, 0) is 10.0 Å². The maximum absolute atomic E-state index is 12.7. The Morgan fingerprint density at radius 3 is 2.75 bits per heavy atom. The average Bonchev–Trinajstić information content (AvgIpc) is 2.92. The van der Waals surface area contributed by atoms with Crippen molar-refractivity contribution >= 4 is 55.0 Å². The predicted molar refractivity (Wildman–Crippen MR) is 115 cm³/mol. The van der Waals surface area contributed by atoms with E-state index >= 15 is 0 Å². The van der Waals surface area contributed by atoms with E-state index in [9.17, 15) is 13.2 Å². The fourth-order valence-corrected chi connectivity index (χ4v) is 4.48. The zero-order valence-corrected chi connectivity index (χ0v) is 18.1. The molecule has 0 atom stereocenters. The number of carbonyl (C=O) groups is 1. The second-order valence-corrected chi connectivity index (χ2v) is 9.36. The van der Waals surface area contributed by atoms with Crippen molar-refractivity contribution in [3.05, 3.63) is 57.5 Å². The molecule has 28 heavy (non-hydrogen) atoms. The molecule has 0 fully saturated rings. The topological polar surface area (TPSA) is 87.6 Å². The van der Waals surface area contributed by atoms with E-state index < -0.39 is 15.9 Å². The van der Waals surface area contributed by atoms with Crippen LogP contribution in [0, 0.1) is 0 Å². The van der Waals surface area contributed by atoms with Crippen LogP contribution in [0.3, 0.4) is 0 Å². The van der Waals surface area contributed by atoms with Gasteiger partial charge >= 0.3 is 0 Å². The van der Waals surface area contributed by atoms with Gasteiger partial charge in [0.25, 0.3) is 15.9 Å². The molecule has 0 saturated heterocycles. The molecule has 6 nitrogen and oxygen atoms in total. The number of amides is 1. The molecule has 1 heterocycles. The lowest BCUT2D eigenvalue weighted by molar-refractivity contribution is 0.102. The first kappa shape index (κ1) is 20.8. The van der Waals surface area contributed by atoms with Crippen molar-refractivity contribution in [2.75, 3.05) is 11.9 Å². The molecule has 0 radical (unpaired) electrons. The average molecular weight is 485 g/mol. The molecule has 0 bridgehead atoms. The van der Waals surface area contributed by atoms with Gasteiger partial charge < -0.3 is 5.32 Å². The first-order valence-electron chi connectivity index (χ1n) is 8.78. The van der Waals surface area contributed by atoms with Crippen LogP contribution in [0.1, 0.15) is 36.0 Å². The third kappa shape index (κ3) is 5.33. The SMILES string of the molecule is O=C(Nc1cccc(S(=O)(=O)NC2=NCCCCC2)c1)c1cc(Br)ccc1Cl. The van der Waals surface area contributed by atoms with Crippen LogP contribution >= 0.6 is 27.5 Å². The number of amidine groups is 1. The number of rotatable bonds is 4. The summed E-state index contributed by atoms with van der Waals surface area (Å²) in [4.78, 5) is 16.9. The number of nitrogens with zero attached hydrogens (tertiary/aromatic N) is 1. The second-order valence-electron chi connectivity index (χ2n) is 6.35. The van der Waals surface area contributed by atoms with E-state index in [4.69, 9.17) is 11.6 Å². The highest BCUT2D eigenvalue weighted by atomic mass is 79.9. The minimum absolute atomic E-state index is 0.0533. The molecule has 1 aliphatic rings. The molecule has 148 valence electrons. The highest BCUT2D eigenvalue weighted by Crippen LogP contribution is 2.23. The molecule has 1 amide bonds. The summed E-state index contributed by atoms with van der Waals surface area (Å²) >= 11 is 9.39. The molecule has 2 N–H and O–H groups in total. The number of hydrogen-bond acceptors (Lipinski definition) is 4. The molecule has 0 aromatic heterocycles. The fourth-order valence-electron chi connectivity index (χ4n) is 2.78. The van der Waals surface area contributed by atoms with Crippen molar-refractivity contribution in [1.29, 1.82) is 0 Å². The quantitative estimate of drug-likeness (QED) is 0.664. The Bertz CT molecular complexity index is 1020. The molecular formula is C19H19BrClN3O3S. The van der Waals surface area contributed by atoms with Crippen LogP contribution in [0.25, 0.3) is 0 Å². The normalized spacial score (nSPS) is 14.7. The smallest absolute Gasteiger partial charge is 0.262 e. The number of nitrogens with one attached hydrogen (secondary N) is 2. The molecule has 0 saturated carbocycles. The summed E-state index contributed by atoms with van der Waals surface area (Å²) in [6, 6.07) is 11.0. The number of halogens is 2. The molecule has 0 aliphatic carbocycles. The monoisotopic (exact) mass is 483 g/mol. The van der Waals surface area contributed by atoms with Gasteiger partial charge in [-0.3, -0.25) is 14.5 Å². The summed E-state index contributed by atoms with van der Waals surface area (Å²) in [5, 5.41) is 2.99. The van der Waals surface area contributed by atoms with E-state index in [1.54, 1.807) is 30.3 Å². The molecule has 9 heteroatoms. The first-order valence-corrected chi connectivity index (χ1v) is 11.4. The van der Waals surface area contributed by atoms with Gasteiger partial charge in [0.05, 0.1) is 15.5 Å². The van der Waals surface area contributed by atoms with Crippen molar-refractivity contribution in [1.82, 2.24) is 4.72 Å². The van der Waals surface area contributed by atoms with Gasteiger partial charge in [-0.15, -0.1) is 0 Å². The summed E-state index contributed by atoms with van der Waals surface area (Å²) in [5.74, 6) is 0.0507. The molecule has 2 aromatic rings. The van der Waals surface area contributed by atoms with Crippen molar-refractivity contribution in [3.8, 4) is 0 Å². The van der Waals surface area contributed by atoms with Crippen LogP contribution in [0.4, 0.5) is 5.69 Å². The molecule has 0 unspecified atom stereocenters. The van der Waals surface area contributed by atoms with Gasteiger partial charge in [0.15, 0.2) is 0 Å². The highest BCUT2D eigenvalue weighted by molar-refractivity contribution is 9.10. The summed E-state index contributed by atoms with van der Waals surface area (Å²) in [7, 11) is -3.78. The van der Waals surface area contributed by atoms with Crippen LogP contribution in [0.5, 0.6) is 0 Å². The van der Waals surface area contributed by atoms with Gasteiger partial charge in [-0.25, -0.2) is 8.42 Å². The summed E-state index contributed by atoms with van der Waals surface area (Å²) in [6.45, 7) is 0.626. The van der Waals surface area contributed by atoms with E-state index in [0.717, 1.165) is 19.3 Å². The van der Waals surface area contributed by atoms with E-state index in [1.165, 1.54) is 12.1 Å². The minimum Gasteiger partial charge on any atom is -0.322 e. The summed E-state index contributed by atoms with van der Waals surface area (Å²) in [6.07, 6.45) is 3.52. The van der Waals surface area contributed by atoms with E-state index in [-0.39, 0.29) is 10.5 Å². The van der Waals surface area contributed by atoms with Crippen molar-refractivity contribution < 1.29 is 13.2 Å². The maximum Gasteiger partial charge on any atom is 0.262 e. The predicted octanol–water partition coefficient (Wildman–Crippen LogP) is 4.61. The number of hydrogen-bond donors (Lipinski definition) is 2. The van der Waals surface area contributed by atoms with Gasteiger partial charge in [0.1, 0.15) is 5.84 Å². The van der Waals surface area contributed by atoms with Gasteiger partial charge in [-0.2, -0.15) is 0 Å². The zero-order chi connectivity index (χ0) is 20.1. The summed E-state index contributed by atoms with van der Waals surface area (Å²) in [5.41, 5.74) is 0.641. The Balaban J connectivity index is 1.78. The molecule has 1 aliphatic heterocycles. The zero-order valence-electron chi connectivity index (χ0n) is 14.9. The van der Waals surface area contributed by atoms with E-state index in [2.05, 4.69) is 31.0 Å². The fraction of sp³-hybridized carbons (Fsp3) is 0.263. The van der Waals surface area contributed by atoms with Gasteiger partial charge in [0, 0.05) is 23.1 Å². The third-order valence-electron chi connectivity index (χ3n) is 4.20. The van der Waals surface area contributed by atoms with Crippen LogP contribution in [0.15, 0.2) is 56.8 Å². The minimum atomic E-state index is -3.78. The molecule has 3 rings (SSSR count). The number of benzene rings is 2. The van der Waals surface area contributed by atoms with Gasteiger partial charge in [-0.05, 0) is 49.2 Å². The Morgan fingerprint density at radius 1 is 1.11 bits per heavy atom. The number of aliphatic imine (C=N–C) groups is 1. The van der Waals surface area contributed by atoms with Crippen molar-refractivity contribution in [2.45, 2.75) is 30.6 Å². The first-order chi connectivity index (χ1) is 13.3. The van der Waals surface area contributed by atoms with E-state index in [1.807, 2.05) is 0 Å². The number of sulfonamides is 1. The highest BCUT2D eigenvalue weighted by Gasteiger charge is 2.18. The standard InChI is InChI=1S/C19H19BrClN3O3S/c20-13-8-9-17(21)16(11-13)19(25)23-14-5-4-6-15(12-14)28(26,27)24-18-7-2-1-3-10-22-18/h4-6,8-9,11-12H,1-3,7,10H2,(H,22,24)(H,23,25). The Labute approximate surface area is 177 Å². The van der Waals surface area contributed by atoms with Crippen molar-refractivity contribution in [3.63, 3.8) is 0 Å². The van der Waals surface area contributed by atoms with Crippen LogP contribution in [-0.4, -0.2) is 26.7 Å². The Kier molecular flexibility index (Phi) is 6.74. The Hall–Kier alpha value is -1.90. The summed E-state index contributed by atoms with van der Waals surface area (Å²) < 4.78 is 28.7. The van der Waals surface area contributed by atoms with Crippen LogP contribution in [0.2, 0.25) is 5.02 Å². The number of anilines is 1. The van der Waals surface area contributed by atoms with Crippen molar-refractivity contribution in [2.24, 2.45) is 4.99 Å². The van der Waals surface area contributed by atoms with Crippen LogP contribution < -0.4 is 10.0 Å². The maximum atomic E-state index is 12.7. The molecule has 0 spiro atoms. The van der Waals surface area contributed by atoms with Gasteiger partial charge in [-0.1, -0.05) is 40.0 Å². The largest absolute Gasteiger partial charge is 0.322 e. The number of carbonyl (C=O) groups excluding carboxylic acids is 1. The molecule has 2 aromatic carbocycles. The lowest BCUT2D eigenvalue weighted by Gasteiger charge is -2.12. The third-order valence-corrected chi connectivity index (χ3v) is 6.40. The van der Waals surface area contributed by atoms with Gasteiger partial charge in [0.2, 0.25) is 0 Å².